The Hall–Kier alpha value is -1.75. The zero-order valence-corrected chi connectivity index (χ0v) is 11.6. The van der Waals surface area contributed by atoms with Gasteiger partial charge in [-0.15, -0.1) is 0 Å². The van der Waals surface area contributed by atoms with Crippen LogP contribution < -0.4 is 0 Å². The molecule has 0 bridgehead atoms. The third-order valence-corrected chi connectivity index (χ3v) is 4.04. The lowest BCUT2D eigenvalue weighted by atomic mass is 9.94. The number of piperidine rings is 1. The average Bonchev–Trinajstić information content (AvgIpc) is 3.28. The van der Waals surface area contributed by atoms with Crippen LogP contribution in [0.4, 0.5) is 8.78 Å². The normalized spacial score (nSPS) is 22.8. The van der Waals surface area contributed by atoms with Crippen LogP contribution in [0.2, 0.25) is 0 Å². The van der Waals surface area contributed by atoms with E-state index in [0.717, 1.165) is 25.5 Å². The van der Waals surface area contributed by atoms with Crippen LogP contribution in [0.25, 0.3) is 6.08 Å². The van der Waals surface area contributed by atoms with Gasteiger partial charge in [-0.05, 0) is 42.5 Å². The van der Waals surface area contributed by atoms with E-state index in [4.69, 9.17) is 4.74 Å². The molecule has 21 heavy (non-hydrogen) atoms. The van der Waals surface area contributed by atoms with Gasteiger partial charge < -0.3 is 9.64 Å². The molecule has 0 aromatic heterocycles. The first-order valence-corrected chi connectivity index (χ1v) is 7.16. The Morgan fingerprint density at radius 2 is 1.81 bits per heavy atom. The highest BCUT2D eigenvalue weighted by atomic mass is 19.1. The second-order valence-electron chi connectivity index (χ2n) is 5.57. The summed E-state index contributed by atoms with van der Waals surface area (Å²) in [5.74, 6) is -0.843. The van der Waals surface area contributed by atoms with Crippen molar-refractivity contribution in [2.45, 2.75) is 18.9 Å². The highest BCUT2D eigenvalue weighted by molar-refractivity contribution is 5.91. The Morgan fingerprint density at radius 1 is 1.19 bits per heavy atom. The average molecular weight is 293 g/mol. The highest BCUT2D eigenvalue weighted by Crippen LogP contribution is 2.29. The predicted octanol–water partition coefficient (Wildman–Crippen LogP) is 2.62. The van der Waals surface area contributed by atoms with E-state index in [0.29, 0.717) is 30.7 Å². The topological polar surface area (TPSA) is 32.8 Å². The lowest BCUT2D eigenvalue weighted by Crippen LogP contribution is -2.38. The number of ether oxygens (including phenoxy) is 1. The second-order valence-corrected chi connectivity index (χ2v) is 5.57. The van der Waals surface area contributed by atoms with Crippen LogP contribution in [-0.4, -0.2) is 36.6 Å². The van der Waals surface area contributed by atoms with E-state index in [1.54, 1.807) is 4.90 Å². The van der Waals surface area contributed by atoms with Crippen LogP contribution in [-0.2, 0) is 9.53 Å². The Kier molecular flexibility index (Phi) is 4.01. The van der Waals surface area contributed by atoms with Crippen molar-refractivity contribution in [1.29, 1.82) is 0 Å². The lowest BCUT2D eigenvalue weighted by molar-refractivity contribution is -0.127. The van der Waals surface area contributed by atoms with Gasteiger partial charge in [0, 0.05) is 25.2 Å². The number of epoxide rings is 1. The molecule has 5 heteroatoms. The number of carbonyl (C=O) groups is 1. The van der Waals surface area contributed by atoms with Gasteiger partial charge in [0.05, 0.1) is 12.7 Å². The van der Waals surface area contributed by atoms with Gasteiger partial charge in [0.2, 0.25) is 5.91 Å². The third kappa shape index (κ3) is 3.67. The molecular weight excluding hydrogens is 276 g/mol. The number of nitrogens with zero attached hydrogens (tertiary/aromatic N) is 1. The number of rotatable bonds is 3. The van der Waals surface area contributed by atoms with Crippen LogP contribution >= 0.6 is 0 Å². The maximum atomic E-state index is 13.1. The molecule has 2 aliphatic rings. The zero-order chi connectivity index (χ0) is 14.8. The molecule has 2 heterocycles. The number of benzene rings is 1. The number of carbonyl (C=O) groups excluding carboxylic acids is 1. The summed E-state index contributed by atoms with van der Waals surface area (Å²) in [6.45, 7) is 2.28. The lowest BCUT2D eigenvalue weighted by Gasteiger charge is -2.30. The fraction of sp³-hybridized carbons (Fsp3) is 0.438. The number of amides is 1. The molecule has 2 fully saturated rings. The predicted molar refractivity (Wildman–Crippen MR) is 74.4 cm³/mol. The molecular formula is C16H17F2NO2. The quantitative estimate of drug-likeness (QED) is 0.634. The van der Waals surface area contributed by atoms with Gasteiger partial charge in [0.15, 0.2) is 0 Å². The van der Waals surface area contributed by atoms with Crippen molar-refractivity contribution < 1.29 is 18.3 Å². The van der Waals surface area contributed by atoms with Crippen molar-refractivity contribution in [1.82, 2.24) is 4.90 Å². The summed E-state index contributed by atoms with van der Waals surface area (Å²) >= 11 is 0. The van der Waals surface area contributed by atoms with Crippen LogP contribution in [0.1, 0.15) is 18.4 Å². The molecule has 0 N–H and O–H groups in total. The number of hydrogen-bond donors (Lipinski definition) is 0. The van der Waals surface area contributed by atoms with E-state index in [-0.39, 0.29) is 5.91 Å². The maximum Gasteiger partial charge on any atom is 0.246 e. The number of hydrogen-bond acceptors (Lipinski definition) is 2. The Bertz CT molecular complexity index is 541. The minimum atomic E-state index is -0.646. The Balaban J connectivity index is 1.57. The SMILES string of the molecule is O=C(C=Cc1cc(F)cc(F)c1)N1CCC([C@H]2CO2)CC1. The van der Waals surface area contributed by atoms with Crippen molar-refractivity contribution >= 4 is 12.0 Å². The molecule has 0 spiro atoms. The fourth-order valence-corrected chi connectivity index (χ4v) is 2.76. The zero-order valence-electron chi connectivity index (χ0n) is 11.6. The smallest absolute Gasteiger partial charge is 0.246 e. The number of halogens is 2. The molecule has 0 radical (unpaired) electrons. The molecule has 1 amide bonds. The monoisotopic (exact) mass is 293 g/mol. The molecule has 3 rings (SSSR count). The molecule has 0 unspecified atom stereocenters. The molecule has 0 aliphatic carbocycles. The van der Waals surface area contributed by atoms with Gasteiger partial charge in [0.1, 0.15) is 11.6 Å². The van der Waals surface area contributed by atoms with Crippen LogP contribution in [0.3, 0.4) is 0 Å². The molecule has 2 aliphatic heterocycles. The molecule has 3 nitrogen and oxygen atoms in total. The van der Waals surface area contributed by atoms with Crippen molar-refractivity contribution in [2.24, 2.45) is 5.92 Å². The first-order valence-electron chi connectivity index (χ1n) is 7.16. The molecule has 1 aromatic carbocycles. The Morgan fingerprint density at radius 3 is 2.38 bits per heavy atom. The van der Waals surface area contributed by atoms with E-state index >= 15 is 0 Å². The number of likely N-dealkylation sites (tertiary alicyclic amines) is 1. The largest absolute Gasteiger partial charge is 0.373 e. The first kappa shape index (κ1) is 14.2. The van der Waals surface area contributed by atoms with E-state index < -0.39 is 11.6 Å². The van der Waals surface area contributed by atoms with Crippen LogP contribution in [0, 0.1) is 17.6 Å². The molecule has 1 aromatic rings. The van der Waals surface area contributed by atoms with Gasteiger partial charge in [-0.25, -0.2) is 8.78 Å². The second kappa shape index (κ2) is 5.93. The van der Waals surface area contributed by atoms with E-state index in [2.05, 4.69) is 0 Å². The van der Waals surface area contributed by atoms with Crippen molar-refractivity contribution in [2.75, 3.05) is 19.7 Å². The summed E-state index contributed by atoms with van der Waals surface area (Å²) in [7, 11) is 0. The summed E-state index contributed by atoms with van der Waals surface area (Å²) in [6, 6.07) is 3.21. The minimum Gasteiger partial charge on any atom is -0.373 e. The molecule has 2 saturated heterocycles. The van der Waals surface area contributed by atoms with Crippen molar-refractivity contribution in [3.8, 4) is 0 Å². The van der Waals surface area contributed by atoms with Gasteiger partial charge in [-0.3, -0.25) is 4.79 Å². The van der Waals surface area contributed by atoms with Crippen LogP contribution in [0.15, 0.2) is 24.3 Å². The summed E-state index contributed by atoms with van der Waals surface area (Å²) in [4.78, 5) is 13.8. The standard InChI is InChI=1S/C16H17F2NO2/c17-13-7-11(8-14(18)9-13)1-2-16(20)19-5-3-12(4-6-19)15-10-21-15/h1-2,7-9,12,15H,3-6,10H2/t15-/m1/s1. The molecule has 112 valence electrons. The Labute approximate surface area is 122 Å². The minimum absolute atomic E-state index is 0.116. The summed E-state index contributed by atoms with van der Waals surface area (Å²) in [5.41, 5.74) is 0.349. The fourth-order valence-electron chi connectivity index (χ4n) is 2.76. The third-order valence-electron chi connectivity index (χ3n) is 4.04. The molecule has 0 saturated carbocycles. The van der Waals surface area contributed by atoms with Gasteiger partial charge in [0.25, 0.3) is 0 Å². The first-order chi connectivity index (χ1) is 10.1. The highest BCUT2D eigenvalue weighted by Gasteiger charge is 2.35. The van der Waals surface area contributed by atoms with Gasteiger partial charge in [-0.1, -0.05) is 0 Å². The van der Waals surface area contributed by atoms with E-state index in [1.165, 1.54) is 24.3 Å². The maximum absolute atomic E-state index is 13.1. The van der Waals surface area contributed by atoms with Gasteiger partial charge in [-0.2, -0.15) is 0 Å². The van der Waals surface area contributed by atoms with Crippen LogP contribution in [0.5, 0.6) is 0 Å². The van der Waals surface area contributed by atoms with Gasteiger partial charge >= 0.3 is 0 Å². The van der Waals surface area contributed by atoms with Crippen molar-refractivity contribution in [3.05, 3.63) is 41.5 Å². The molecule has 1 atom stereocenters. The summed E-state index contributed by atoms with van der Waals surface area (Å²) in [5, 5.41) is 0. The summed E-state index contributed by atoms with van der Waals surface area (Å²) in [6.07, 6.45) is 5.14. The van der Waals surface area contributed by atoms with E-state index in [1.807, 2.05) is 0 Å². The van der Waals surface area contributed by atoms with Crippen molar-refractivity contribution in [3.63, 3.8) is 0 Å². The van der Waals surface area contributed by atoms with E-state index in [9.17, 15) is 13.6 Å². The summed E-state index contributed by atoms with van der Waals surface area (Å²) < 4.78 is 31.4.